The average molecular weight is 351 g/mol. The zero-order chi connectivity index (χ0) is 19.0. The predicted octanol–water partition coefficient (Wildman–Crippen LogP) is 1.80. The van der Waals surface area contributed by atoms with E-state index in [1.165, 1.54) is 4.90 Å². The second-order valence-corrected chi connectivity index (χ2v) is 6.83. The monoisotopic (exact) mass is 351 g/mol. The van der Waals surface area contributed by atoms with Crippen molar-refractivity contribution in [2.45, 2.75) is 32.7 Å². The summed E-state index contributed by atoms with van der Waals surface area (Å²) in [5, 5.41) is 5.62. The van der Waals surface area contributed by atoms with Gasteiger partial charge in [-0.15, -0.1) is 0 Å². The van der Waals surface area contributed by atoms with Gasteiger partial charge in [0, 0.05) is 19.1 Å². The summed E-state index contributed by atoms with van der Waals surface area (Å²) < 4.78 is 10.5. The highest BCUT2D eigenvalue weighted by molar-refractivity contribution is 5.84. The van der Waals surface area contributed by atoms with Gasteiger partial charge in [0.15, 0.2) is 11.5 Å². The van der Waals surface area contributed by atoms with Crippen LogP contribution in [0.15, 0.2) is 18.2 Å². The molecule has 0 saturated carbocycles. The van der Waals surface area contributed by atoms with Crippen LogP contribution in [0.2, 0.25) is 0 Å². The minimum atomic E-state index is -0.318. The van der Waals surface area contributed by atoms with Crippen molar-refractivity contribution in [3.05, 3.63) is 23.8 Å². The van der Waals surface area contributed by atoms with Crippen LogP contribution in [-0.2, 0) is 11.2 Å². The van der Waals surface area contributed by atoms with Crippen LogP contribution < -0.4 is 20.1 Å². The minimum absolute atomic E-state index is 0.0134. The van der Waals surface area contributed by atoms with Crippen molar-refractivity contribution in [2.24, 2.45) is 0 Å². The maximum Gasteiger partial charge on any atom is 0.317 e. The molecule has 0 saturated heterocycles. The van der Waals surface area contributed by atoms with Gasteiger partial charge in [0.1, 0.15) is 6.54 Å². The number of rotatable bonds is 7. The van der Waals surface area contributed by atoms with Gasteiger partial charge in [0.25, 0.3) is 0 Å². The second-order valence-electron chi connectivity index (χ2n) is 6.83. The van der Waals surface area contributed by atoms with Crippen LogP contribution in [0.4, 0.5) is 4.79 Å². The molecular formula is C18H29N3O4. The molecule has 0 unspecified atom stereocenters. The normalized spacial score (nSPS) is 10.8. The van der Waals surface area contributed by atoms with E-state index in [0.29, 0.717) is 24.5 Å². The van der Waals surface area contributed by atoms with E-state index in [1.54, 1.807) is 21.3 Å². The quantitative estimate of drug-likeness (QED) is 0.785. The maximum atomic E-state index is 12.0. The van der Waals surface area contributed by atoms with E-state index >= 15 is 0 Å². The Labute approximate surface area is 149 Å². The number of ether oxygens (including phenoxy) is 2. The number of nitrogens with zero attached hydrogens (tertiary/aromatic N) is 1. The first-order valence-electron chi connectivity index (χ1n) is 8.17. The van der Waals surface area contributed by atoms with Crippen molar-refractivity contribution in [1.82, 2.24) is 15.5 Å². The molecule has 0 aliphatic carbocycles. The summed E-state index contributed by atoms with van der Waals surface area (Å²) in [6.45, 7) is 6.16. The van der Waals surface area contributed by atoms with E-state index in [-0.39, 0.29) is 24.0 Å². The lowest BCUT2D eigenvalue weighted by atomic mass is 10.1. The Morgan fingerprint density at radius 3 is 2.32 bits per heavy atom. The third-order valence-electron chi connectivity index (χ3n) is 3.38. The van der Waals surface area contributed by atoms with Crippen LogP contribution >= 0.6 is 0 Å². The van der Waals surface area contributed by atoms with Crippen molar-refractivity contribution in [3.8, 4) is 11.5 Å². The van der Waals surface area contributed by atoms with Gasteiger partial charge in [-0.25, -0.2) is 4.79 Å². The molecule has 0 aromatic heterocycles. The molecule has 0 atom stereocenters. The summed E-state index contributed by atoms with van der Waals surface area (Å²) in [4.78, 5) is 25.2. The zero-order valence-corrected chi connectivity index (χ0v) is 15.9. The highest BCUT2D eigenvalue weighted by atomic mass is 16.5. The second kappa shape index (κ2) is 9.15. The zero-order valence-electron chi connectivity index (χ0n) is 15.9. The molecule has 3 amide bonds. The maximum absolute atomic E-state index is 12.0. The highest BCUT2D eigenvalue weighted by Crippen LogP contribution is 2.27. The molecular weight excluding hydrogens is 322 g/mol. The molecule has 1 aromatic rings. The third kappa shape index (κ3) is 7.32. The van der Waals surface area contributed by atoms with E-state index in [0.717, 1.165) is 5.56 Å². The summed E-state index contributed by atoms with van der Waals surface area (Å²) in [6, 6.07) is 5.35. The van der Waals surface area contributed by atoms with Crippen LogP contribution in [0.1, 0.15) is 26.3 Å². The summed E-state index contributed by atoms with van der Waals surface area (Å²) in [5.41, 5.74) is 0.702. The van der Waals surface area contributed by atoms with Crippen LogP contribution in [0, 0.1) is 0 Å². The number of benzene rings is 1. The van der Waals surface area contributed by atoms with E-state index in [1.807, 2.05) is 39.0 Å². The number of carbonyl (C=O) groups excluding carboxylic acids is 2. The number of urea groups is 1. The minimum Gasteiger partial charge on any atom is -0.493 e. The topological polar surface area (TPSA) is 79.9 Å². The Hall–Kier alpha value is -2.44. The van der Waals surface area contributed by atoms with Crippen molar-refractivity contribution < 1.29 is 19.1 Å². The van der Waals surface area contributed by atoms with Gasteiger partial charge < -0.3 is 25.0 Å². The molecule has 0 spiro atoms. The average Bonchev–Trinajstić information content (AvgIpc) is 2.52. The fourth-order valence-electron chi connectivity index (χ4n) is 2.23. The van der Waals surface area contributed by atoms with Crippen LogP contribution in [0.3, 0.4) is 0 Å². The van der Waals surface area contributed by atoms with E-state index in [9.17, 15) is 9.59 Å². The molecule has 25 heavy (non-hydrogen) atoms. The number of hydrogen-bond acceptors (Lipinski definition) is 4. The molecule has 2 N–H and O–H groups in total. The summed E-state index contributed by atoms with van der Waals surface area (Å²) in [5.74, 6) is 1.13. The Morgan fingerprint density at radius 1 is 1.12 bits per heavy atom. The molecule has 7 nitrogen and oxygen atoms in total. The van der Waals surface area contributed by atoms with Gasteiger partial charge in [0.05, 0.1) is 14.2 Å². The van der Waals surface area contributed by atoms with Crippen LogP contribution in [0.5, 0.6) is 11.5 Å². The molecule has 0 heterocycles. The van der Waals surface area contributed by atoms with Gasteiger partial charge in [0.2, 0.25) is 5.91 Å². The van der Waals surface area contributed by atoms with Gasteiger partial charge >= 0.3 is 6.03 Å². The standard InChI is InChI=1S/C18H29N3O4/c1-18(2,3)20-16(22)12-21(4)17(23)19-10-9-13-7-8-14(24-5)15(11-13)25-6/h7-8,11H,9-10,12H2,1-6H3,(H,19,23)(H,20,22). The molecule has 0 bridgehead atoms. The molecule has 7 heteroatoms. The summed E-state index contributed by atoms with van der Waals surface area (Å²) >= 11 is 0. The SMILES string of the molecule is COc1ccc(CCNC(=O)N(C)CC(=O)NC(C)(C)C)cc1OC. The lowest BCUT2D eigenvalue weighted by molar-refractivity contribution is -0.122. The number of carbonyl (C=O) groups is 2. The molecule has 1 aromatic carbocycles. The Bertz CT molecular complexity index is 596. The fourth-order valence-corrected chi connectivity index (χ4v) is 2.23. The summed E-state index contributed by atoms with van der Waals surface area (Å²) in [6.07, 6.45) is 0.647. The first kappa shape index (κ1) is 20.6. The fraction of sp³-hybridized carbons (Fsp3) is 0.556. The molecule has 140 valence electrons. The lowest BCUT2D eigenvalue weighted by Crippen LogP contribution is -2.48. The smallest absolute Gasteiger partial charge is 0.317 e. The number of nitrogens with one attached hydrogen (secondary N) is 2. The molecule has 1 rings (SSSR count). The molecule has 0 fully saturated rings. The van der Waals surface area contributed by atoms with E-state index < -0.39 is 0 Å². The van der Waals surface area contributed by atoms with Crippen molar-refractivity contribution in [3.63, 3.8) is 0 Å². The number of amides is 3. The van der Waals surface area contributed by atoms with Crippen molar-refractivity contribution in [1.29, 1.82) is 0 Å². The molecule has 0 aliphatic rings. The van der Waals surface area contributed by atoms with Gasteiger partial charge in [-0.05, 0) is 44.9 Å². The van der Waals surface area contributed by atoms with E-state index in [4.69, 9.17) is 9.47 Å². The van der Waals surface area contributed by atoms with Gasteiger partial charge in [-0.3, -0.25) is 4.79 Å². The summed E-state index contributed by atoms with van der Waals surface area (Å²) in [7, 11) is 4.76. The lowest BCUT2D eigenvalue weighted by Gasteiger charge is -2.23. The Kier molecular flexibility index (Phi) is 7.54. The number of methoxy groups -OCH3 is 2. The molecule has 0 aliphatic heterocycles. The first-order valence-corrected chi connectivity index (χ1v) is 8.17. The Balaban J connectivity index is 2.45. The highest BCUT2D eigenvalue weighted by Gasteiger charge is 2.17. The third-order valence-corrected chi connectivity index (χ3v) is 3.38. The number of likely N-dealkylation sites (N-methyl/N-ethyl adjacent to an activating group) is 1. The Morgan fingerprint density at radius 2 is 1.76 bits per heavy atom. The predicted molar refractivity (Wildman–Crippen MR) is 97.2 cm³/mol. The van der Waals surface area contributed by atoms with Crippen LogP contribution in [-0.4, -0.2) is 56.7 Å². The van der Waals surface area contributed by atoms with E-state index in [2.05, 4.69) is 10.6 Å². The largest absolute Gasteiger partial charge is 0.493 e. The van der Waals surface area contributed by atoms with Gasteiger partial charge in [-0.2, -0.15) is 0 Å². The van der Waals surface area contributed by atoms with Crippen molar-refractivity contribution in [2.75, 3.05) is 34.4 Å². The van der Waals surface area contributed by atoms with Crippen molar-refractivity contribution >= 4 is 11.9 Å². The van der Waals surface area contributed by atoms with Crippen LogP contribution in [0.25, 0.3) is 0 Å². The number of hydrogen-bond donors (Lipinski definition) is 2. The van der Waals surface area contributed by atoms with Gasteiger partial charge in [-0.1, -0.05) is 6.07 Å². The molecule has 0 radical (unpaired) electrons. The first-order chi connectivity index (χ1) is 11.7.